The van der Waals surface area contributed by atoms with Gasteiger partial charge < -0.3 is 15.2 Å². The monoisotopic (exact) mass is 263 g/mol. The number of carbonyl (C=O) groups is 1. The summed E-state index contributed by atoms with van der Waals surface area (Å²) in [6.07, 6.45) is 3.31. The number of hydrogen-bond donors (Lipinski definition) is 2. The fourth-order valence-electron chi connectivity index (χ4n) is 2.57. The Morgan fingerprint density at radius 2 is 2.00 bits per heavy atom. The molecular weight excluding hydrogens is 242 g/mol. The maximum Gasteiger partial charge on any atom is 0.306 e. The Hall–Kier alpha value is -1.71. The molecule has 4 nitrogen and oxygen atoms in total. The molecule has 1 saturated carbocycles. The molecule has 0 radical (unpaired) electrons. The molecule has 0 amide bonds. The summed E-state index contributed by atoms with van der Waals surface area (Å²) in [5.41, 5.74) is 1.00. The third-order valence-electron chi connectivity index (χ3n) is 3.62. The van der Waals surface area contributed by atoms with Gasteiger partial charge in [-0.1, -0.05) is 12.1 Å². The van der Waals surface area contributed by atoms with E-state index in [2.05, 4.69) is 5.32 Å². The first-order valence-electron chi connectivity index (χ1n) is 6.92. The number of ether oxygens (including phenoxy) is 1. The molecule has 1 aliphatic carbocycles. The summed E-state index contributed by atoms with van der Waals surface area (Å²) < 4.78 is 5.58. The summed E-state index contributed by atoms with van der Waals surface area (Å²) in [7, 11) is 0. The van der Waals surface area contributed by atoms with E-state index in [9.17, 15) is 4.79 Å². The normalized spacial score (nSPS) is 22.8. The van der Waals surface area contributed by atoms with Crippen LogP contribution in [0.25, 0.3) is 0 Å². The van der Waals surface area contributed by atoms with Crippen LogP contribution >= 0.6 is 0 Å². The predicted octanol–water partition coefficient (Wildman–Crippen LogP) is 3.14. The van der Waals surface area contributed by atoms with Crippen molar-refractivity contribution in [1.29, 1.82) is 0 Å². The van der Waals surface area contributed by atoms with Gasteiger partial charge in [0.2, 0.25) is 0 Å². The van der Waals surface area contributed by atoms with Crippen molar-refractivity contribution in [3.05, 3.63) is 24.3 Å². The highest BCUT2D eigenvalue weighted by Crippen LogP contribution is 2.30. The Morgan fingerprint density at radius 3 is 2.63 bits per heavy atom. The van der Waals surface area contributed by atoms with Gasteiger partial charge in [-0.25, -0.2) is 0 Å². The van der Waals surface area contributed by atoms with Crippen molar-refractivity contribution >= 4 is 11.7 Å². The molecule has 0 bridgehead atoms. The van der Waals surface area contributed by atoms with Gasteiger partial charge in [0.25, 0.3) is 0 Å². The third kappa shape index (κ3) is 3.63. The van der Waals surface area contributed by atoms with Crippen molar-refractivity contribution < 1.29 is 14.6 Å². The Bertz CT molecular complexity index is 425. The second-order valence-corrected chi connectivity index (χ2v) is 4.96. The molecule has 0 spiro atoms. The number of nitrogens with one attached hydrogen (secondary N) is 1. The molecular formula is C15H21NO3. The minimum absolute atomic E-state index is 0.166. The SMILES string of the molecule is CCOc1ccccc1NC1CCC(C(=O)O)CC1. The van der Waals surface area contributed by atoms with Gasteiger partial charge in [-0.3, -0.25) is 4.79 Å². The quantitative estimate of drug-likeness (QED) is 0.856. The van der Waals surface area contributed by atoms with Crippen molar-refractivity contribution in [1.82, 2.24) is 0 Å². The van der Waals surface area contributed by atoms with E-state index in [0.717, 1.165) is 37.1 Å². The van der Waals surface area contributed by atoms with Gasteiger partial charge in [-0.15, -0.1) is 0 Å². The minimum Gasteiger partial charge on any atom is -0.492 e. The van der Waals surface area contributed by atoms with E-state index in [0.29, 0.717) is 12.6 Å². The average Bonchev–Trinajstić information content (AvgIpc) is 2.42. The van der Waals surface area contributed by atoms with E-state index < -0.39 is 5.97 Å². The molecule has 0 saturated heterocycles. The summed E-state index contributed by atoms with van der Waals surface area (Å²) in [5.74, 6) is 0.0405. The molecule has 0 aromatic heterocycles. The number of rotatable bonds is 5. The van der Waals surface area contributed by atoms with Crippen molar-refractivity contribution in [2.75, 3.05) is 11.9 Å². The van der Waals surface area contributed by atoms with Crippen LogP contribution < -0.4 is 10.1 Å². The van der Waals surface area contributed by atoms with Crippen molar-refractivity contribution in [3.63, 3.8) is 0 Å². The summed E-state index contributed by atoms with van der Waals surface area (Å²) >= 11 is 0. The first kappa shape index (κ1) is 13.7. The Kier molecular flexibility index (Phi) is 4.66. The number of para-hydroxylation sites is 2. The highest BCUT2D eigenvalue weighted by molar-refractivity contribution is 5.70. The first-order valence-corrected chi connectivity index (χ1v) is 6.92. The van der Waals surface area contributed by atoms with E-state index in [4.69, 9.17) is 9.84 Å². The topological polar surface area (TPSA) is 58.6 Å². The van der Waals surface area contributed by atoms with Gasteiger partial charge in [0, 0.05) is 6.04 Å². The summed E-state index contributed by atoms with van der Waals surface area (Å²) in [5, 5.41) is 12.5. The van der Waals surface area contributed by atoms with Crippen LogP contribution in [-0.4, -0.2) is 23.7 Å². The van der Waals surface area contributed by atoms with Gasteiger partial charge in [-0.05, 0) is 44.7 Å². The largest absolute Gasteiger partial charge is 0.492 e. The summed E-state index contributed by atoms with van der Waals surface area (Å²) in [6, 6.07) is 8.24. The maximum atomic E-state index is 10.9. The van der Waals surface area contributed by atoms with Gasteiger partial charge in [0.1, 0.15) is 5.75 Å². The zero-order valence-corrected chi connectivity index (χ0v) is 11.3. The molecule has 2 rings (SSSR count). The van der Waals surface area contributed by atoms with Crippen LogP contribution in [0.4, 0.5) is 5.69 Å². The van der Waals surface area contributed by atoms with E-state index in [-0.39, 0.29) is 5.92 Å². The van der Waals surface area contributed by atoms with Crippen molar-refractivity contribution in [2.45, 2.75) is 38.6 Å². The van der Waals surface area contributed by atoms with Crippen molar-refractivity contribution in [3.8, 4) is 5.75 Å². The molecule has 0 aliphatic heterocycles. The molecule has 104 valence electrons. The highest BCUT2D eigenvalue weighted by atomic mass is 16.5. The van der Waals surface area contributed by atoms with Crippen LogP contribution in [0.5, 0.6) is 5.75 Å². The number of benzene rings is 1. The van der Waals surface area contributed by atoms with E-state index in [1.807, 2.05) is 31.2 Å². The number of aliphatic carboxylic acids is 1. The Balaban J connectivity index is 1.93. The van der Waals surface area contributed by atoms with Crippen LogP contribution in [0.3, 0.4) is 0 Å². The van der Waals surface area contributed by atoms with Crippen molar-refractivity contribution in [2.24, 2.45) is 5.92 Å². The molecule has 0 atom stereocenters. The standard InChI is InChI=1S/C15H21NO3/c1-2-19-14-6-4-3-5-13(14)16-12-9-7-11(8-10-12)15(17)18/h3-6,11-12,16H,2,7-10H2,1H3,(H,17,18). The van der Waals surface area contributed by atoms with Crippen LogP contribution in [0.15, 0.2) is 24.3 Å². The number of carboxylic acid groups (broad SMARTS) is 1. The molecule has 1 fully saturated rings. The zero-order chi connectivity index (χ0) is 13.7. The van der Waals surface area contributed by atoms with E-state index >= 15 is 0 Å². The van der Waals surface area contributed by atoms with Gasteiger partial charge in [-0.2, -0.15) is 0 Å². The fourth-order valence-corrected chi connectivity index (χ4v) is 2.57. The van der Waals surface area contributed by atoms with E-state index in [1.54, 1.807) is 0 Å². The van der Waals surface area contributed by atoms with Gasteiger partial charge in [0.05, 0.1) is 18.2 Å². The van der Waals surface area contributed by atoms with Crippen LogP contribution in [0.2, 0.25) is 0 Å². The number of carboxylic acids is 1. The number of anilines is 1. The second-order valence-electron chi connectivity index (χ2n) is 4.96. The number of hydrogen-bond acceptors (Lipinski definition) is 3. The van der Waals surface area contributed by atoms with Crippen LogP contribution in [0.1, 0.15) is 32.6 Å². The molecule has 2 N–H and O–H groups in total. The first-order chi connectivity index (χ1) is 9.20. The lowest BCUT2D eigenvalue weighted by Crippen LogP contribution is -2.29. The van der Waals surface area contributed by atoms with Crippen LogP contribution in [-0.2, 0) is 4.79 Å². The Morgan fingerprint density at radius 1 is 1.32 bits per heavy atom. The zero-order valence-electron chi connectivity index (χ0n) is 11.3. The second kappa shape index (κ2) is 6.45. The molecule has 1 aromatic rings. The molecule has 1 aromatic carbocycles. The van der Waals surface area contributed by atoms with E-state index in [1.165, 1.54) is 0 Å². The molecule has 0 unspecified atom stereocenters. The lowest BCUT2D eigenvalue weighted by Gasteiger charge is -2.28. The lowest BCUT2D eigenvalue weighted by atomic mass is 9.86. The molecule has 0 heterocycles. The fraction of sp³-hybridized carbons (Fsp3) is 0.533. The maximum absolute atomic E-state index is 10.9. The third-order valence-corrected chi connectivity index (χ3v) is 3.62. The average molecular weight is 263 g/mol. The van der Waals surface area contributed by atoms with Gasteiger partial charge >= 0.3 is 5.97 Å². The highest BCUT2D eigenvalue weighted by Gasteiger charge is 2.26. The predicted molar refractivity (Wildman–Crippen MR) is 74.6 cm³/mol. The lowest BCUT2D eigenvalue weighted by molar-refractivity contribution is -0.142. The molecule has 19 heavy (non-hydrogen) atoms. The summed E-state index contributed by atoms with van der Waals surface area (Å²) in [4.78, 5) is 10.9. The summed E-state index contributed by atoms with van der Waals surface area (Å²) in [6.45, 7) is 2.61. The van der Waals surface area contributed by atoms with Gasteiger partial charge in [0.15, 0.2) is 0 Å². The van der Waals surface area contributed by atoms with Crippen LogP contribution in [0, 0.1) is 5.92 Å². The minimum atomic E-state index is -0.659. The molecule has 1 aliphatic rings. The smallest absolute Gasteiger partial charge is 0.306 e. The molecule has 4 heteroatoms. The Labute approximate surface area is 113 Å².